The van der Waals surface area contributed by atoms with E-state index in [-0.39, 0.29) is 23.0 Å². The van der Waals surface area contributed by atoms with E-state index in [2.05, 4.69) is 5.32 Å². The minimum absolute atomic E-state index is 0.117. The van der Waals surface area contributed by atoms with E-state index >= 15 is 0 Å². The Hall–Kier alpha value is -2.88. The monoisotopic (exact) mass is 295 g/mol. The molecule has 2 rings (SSSR count). The van der Waals surface area contributed by atoms with Gasteiger partial charge in [-0.2, -0.15) is 0 Å². The topological polar surface area (TPSA) is 66.4 Å². The fourth-order valence-electron chi connectivity index (χ4n) is 2.04. The molecule has 112 valence electrons. The number of anilines is 1. The molecule has 0 heterocycles. The van der Waals surface area contributed by atoms with Gasteiger partial charge in [-0.3, -0.25) is 9.59 Å². The van der Waals surface area contributed by atoms with Crippen LogP contribution in [0.2, 0.25) is 0 Å². The summed E-state index contributed by atoms with van der Waals surface area (Å²) in [5, 5.41) is 12.4. The minimum Gasteiger partial charge on any atom is -0.507 e. The van der Waals surface area contributed by atoms with Crippen LogP contribution in [0.4, 0.5) is 5.69 Å². The number of phenols is 1. The van der Waals surface area contributed by atoms with Crippen molar-refractivity contribution in [3.63, 3.8) is 0 Å². The Morgan fingerprint density at radius 1 is 1.14 bits per heavy atom. The number of phenolic OH excluding ortho intramolecular Hbond substituents is 1. The fraction of sp³-hybridized carbons (Fsp3) is 0.111. The van der Waals surface area contributed by atoms with Crippen molar-refractivity contribution in [1.82, 2.24) is 0 Å². The third-order valence-corrected chi connectivity index (χ3v) is 3.19. The standard InChI is InChI=1S/C18H17NO3/c1-12-5-3-4-6-14(12)7-9-17(21)16-11-15(19-13(2)20)8-10-18(16)22/h3-11,22H,1-2H3,(H,19,20)/b9-7+. The van der Waals surface area contributed by atoms with E-state index in [9.17, 15) is 14.7 Å². The third kappa shape index (κ3) is 3.82. The van der Waals surface area contributed by atoms with E-state index < -0.39 is 0 Å². The van der Waals surface area contributed by atoms with Crippen LogP contribution in [0, 0.1) is 6.92 Å². The molecule has 0 saturated heterocycles. The number of amides is 1. The first-order valence-electron chi connectivity index (χ1n) is 6.86. The van der Waals surface area contributed by atoms with Crippen molar-refractivity contribution in [1.29, 1.82) is 0 Å². The maximum atomic E-state index is 12.2. The summed E-state index contributed by atoms with van der Waals surface area (Å²) in [4.78, 5) is 23.3. The summed E-state index contributed by atoms with van der Waals surface area (Å²) in [6.07, 6.45) is 3.12. The number of carbonyl (C=O) groups is 2. The summed E-state index contributed by atoms with van der Waals surface area (Å²) < 4.78 is 0. The first kappa shape index (κ1) is 15.5. The molecule has 4 nitrogen and oxygen atoms in total. The summed E-state index contributed by atoms with van der Waals surface area (Å²) in [5.74, 6) is -0.680. The summed E-state index contributed by atoms with van der Waals surface area (Å²) >= 11 is 0. The lowest BCUT2D eigenvalue weighted by Gasteiger charge is -2.06. The average molecular weight is 295 g/mol. The van der Waals surface area contributed by atoms with Crippen LogP contribution < -0.4 is 5.32 Å². The van der Waals surface area contributed by atoms with Crippen LogP contribution >= 0.6 is 0 Å². The van der Waals surface area contributed by atoms with E-state index in [0.717, 1.165) is 11.1 Å². The van der Waals surface area contributed by atoms with Crippen molar-refractivity contribution in [2.45, 2.75) is 13.8 Å². The number of benzene rings is 2. The molecule has 0 aliphatic heterocycles. The largest absolute Gasteiger partial charge is 0.507 e. The molecule has 0 fully saturated rings. The zero-order valence-electron chi connectivity index (χ0n) is 12.5. The third-order valence-electron chi connectivity index (χ3n) is 3.19. The van der Waals surface area contributed by atoms with Gasteiger partial charge in [0.2, 0.25) is 5.91 Å². The van der Waals surface area contributed by atoms with Crippen LogP contribution in [0.3, 0.4) is 0 Å². The van der Waals surface area contributed by atoms with Crippen LogP contribution in [-0.4, -0.2) is 16.8 Å². The average Bonchev–Trinajstić information content (AvgIpc) is 2.47. The molecule has 2 aromatic rings. The predicted octanol–water partition coefficient (Wildman–Crippen LogP) is 3.56. The molecule has 22 heavy (non-hydrogen) atoms. The lowest BCUT2D eigenvalue weighted by molar-refractivity contribution is -0.114. The number of carbonyl (C=O) groups excluding carboxylic acids is 2. The van der Waals surface area contributed by atoms with Gasteiger partial charge >= 0.3 is 0 Å². The first-order chi connectivity index (χ1) is 10.5. The number of allylic oxidation sites excluding steroid dienone is 1. The van der Waals surface area contributed by atoms with Crippen molar-refractivity contribution in [3.8, 4) is 5.75 Å². The summed E-state index contributed by atoms with van der Waals surface area (Å²) in [5.41, 5.74) is 2.62. The molecule has 0 bridgehead atoms. The van der Waals surface area contributed by atoms with Gasteiger partial charge in [0, 0.05) is 12.6 Å². The number of aryl methyl sites for hydroxylation is 1. The first-order valence-corrected chi connectivity index (χ1v) is 6.86. The van der Waals surface area contributed by atoms with Gasteiger partial charge in [-0.1, -0.05) is 30.3 Å². The van der Waals surface area contributed by atoms with Crippen molar-refractivity contribution < 1.29 is 14.7 Å². The van der Waals surface area contributed by atoms with Crippen LogP contribution in [0.5, 0.6) is 5.75 Å². The molecule has 0 aromatic heterocycles. The quantitative estimate of drug-likeness (QED) is 0.515. The summed E-state index contributed by atoms with van der Waals surface area (Å²) in [6, 6.07) is 12.1. The maximum Gasteiger partial charge on any atom is 0.221 e. The molecule has 1 amide bonds. The number of nitrogens with one attached hydrogen (secondary N) is 1. The molecule has 0 aliphatic carbocycles. The van der Waals surface area contributed by atoms with Gasteiger partial charge in [-0.05, 0) is 42.3 Å². The van der Waals surface area contributed by atoms with Gasteiger partial charge in [0.05, 0.1) is 5.56 Å². The number of hydrogen-bond acceptors (Lipinski definition) is 3. The molecule has 0 aliphatic rings. The highest BCUT2D eigenvalue weighted by Gasteiger charge is 2.10. The Balaban J connectivity index is 2.25. The Kier molecular flexibility index (Phi) is 4.73. The lowest BCUT2D eigenvalue weighted by atomic mass is 10.0. The van der Waals surface area contributed by atoms with Crippen LogP contribution in [0.15, 0.2) is 48.5 Å². The van der Waals surface area contributed by atoms with Crippen LogP contribution in [0.1, 0.15) is 28.4 Å². The highest BCUT2D eigenvalue weighted by molar-refractivity contribution is 6.09. The minimum atomic E-state index is -0.326. The van der Waals surface area contributed by atoms with Crippen molar-refractivity contribution in [3.05, 3.63) is 65.2 Å². The molecular weight excluding hydrogens is 278 g/mol. The van der Waals surface area contributed by atoms with Crippen LogP contribution in [-0.2, 0) is 4.79 Å². The Labute approximate surface area is 129 Å². The second-order valence-electron chi connectivity index (χ2n) is 4.97. The fourth-order valence-corrected chi connectivity index (χ4v) is 2.04. The molecule has 0 atom stereocenters. The predicted molar refractivity (Wildman–Crippen MR) is 87.0 cm³/mol. The highest BCUT2D eigenvalue weighted by atomic mass is 16.3. The highest BCUT2D eigenvalue weighted by Crippen LogP contribution is 2.23. The van der Waals surface area contributed by atoms with Gasteiger partial charge in [-0.25, -0.2) is 0 Å². The molecule has 0 spiro atoms. The number of aromatic hydroxyl groups is 1. The summed E-state index contributed by atoms with van der Waals surface area (Å²) in [6.45, 7) is 3.34. The van der Waals surface area contributed by atoms with Crippen molar-refractivity contribution >= 4 is 23.5 Å². The van der Waals surface area contributed by atoms with Crippen molar-refractivity contribution in [2.24, 2.45) is 0 Å². The van der Waals surface area contributed by atoms with Gasteiger partial charge in [-0.15, -0.1) is 0 Å². The number of ketones is 1. The number of rotatable bonds is 4. The molecule has 0 radical (unpaired) electrons. The van der Waals surface area contributed by atoms with Gasteiger partial charge in [0.25, 0.3) is 0 Å². The second-order valence-corrected chi connectivity index (χ2v) is 4.97. The zero-order valence-corrected chi connectivity index (χ0v) is 12.5. The van der Waals surface area contributed by atoms with E-state index in [1.54, 1.807) is 12.1 Å². The van der Waals surface area contributed by atoms with E-state index in [4.69, 9.17) is 0 Å². The Morgan fingerprint density at radius 2 is 1.86 bits per heavy atom. The van der Waals surface area contributed by atoms with Crippen LogP contribution in [0.25, 0.3) is 6.08 Å². The van der Waals surface area contributed by atoms with Crippen molar-refractivity contribution in [2.75, 3.05) is 5.32 Å². The second kappa shape index (κ2) is 6.72. The van der Waals surface area contributed by atoms with Gasteiger partial charge in [0.15, 0.2) is 5.78 Å². The Bertz CT molecular complexity index is 748. The molecule has 2 aromatic carbocycles. The normalized spacial score (nSPS) is 10.6. The van der Waals surface area contributed by atoms with E-state index in [1.807, 2.05) is 31.2 Å². The molecule has 4 heteroatoms. The SMILES string of the molecule is CC(=O)Nc1ccc(O)c(C(=O)/C=C/c2ccccc2C)c1. The van der Waals surface area contributed by atoms with E-state index in [0.29, 0.717) is 5.69 Å². The van der Waals surface area contributed by atoms with Gasteiger partial charge in [0.1, 0.15) is 5.75 Å². The molecule has 2 N–H and O–H groups in total. The maximum absolute atomic E-state index is 12.2. The number of hydrogen-bond donors (Lipinski definition) is 2. The molecule has 0 saturated carbocycles. The smallest absolute Gasteiger partial charge is 0.221 e. The van der Waals surface area contributed by atoms with E-state index in [1.165, 1.54) is 25.1 Å². The lowest BCUT2D eigenvalue weighted by Crippen LogP contribution is -2.06. The summed E-state index contributed by atoms with van der Waals surface area (Å²) in [7, 11) is 0. The molecule has 0 unspecified atom stereocenters. The molecular formula is C18H17NO3. The Morgan fingerprint density at radius 3 is 2.55 bits per heavy atom. The van der Waals surface area contributed by atoms with Gasteiger partial charge < -0.3 is 10.4 Å². The zero-order chi connectivity index (χ0) is 16.1.